The predicted octanol–water partition coefficient (Wildman–Crippen LogP) is 3.60. The summed E-state index contributed by atoms with van der Waals surface area (Å²) in [5, 5.41) is 9.20. The van der Waals surface area contributed by atoms with Crippen molar-refractivity contribution < 1.29 is 41.0 Å². The lowest BCUT2D eigenvalue weighted by Gasteiger charge is -2.38. The van der Waals surface area contributed by atoms with Crippen LogP contribution in [0.15, 0.2) is 0 Å². The molecule has 0 aromatic carbocycles. The fourth-order valence-electron chi connectivity index (χ4n) is 1.42. The summed E-state index contributed by atoms with van der Waals surface area (Å²) in [7, 11) is 0. The molecule has 0 radical (unpaired) electrons. The van der Waals surface area contributed by atoms with E-state index in [-0.39, 0.29) is 6.42 Å². The second-order valence-electron chi connectivity index (χ2n) is 5.30. The average Bonchev–Trinajstić information content (AvgIpc) is 2.31. The summed E-state index contributed by atoms with van der Waals surface area (Å²) in [5.74, 6) is -1.23. The molecule has 0 aromatic rings. The lowest BCUT2D eigenvalue weighted by atomic mass is 9.89. The van der Waals surface area contributed by atoms with E-state index in [0.717, 1.165) is 6.92 Å². The number of halogens is 6. The maximum absolute atomic E-state index is 12.7. The summed E-state index contributed by atoms with van der Waals surface area (Å²) in [6.07, 6.45) is -15.5. The molecule has 1 N–H and O–H groups in total. The molecule has 0 fully saturated rings. The summed E-state index contributed by atoms with van der Waals surface area (Å²) in [6, 6.07) is 0. The minimum Gasteiger partial charge on any atom is -0.458 e. The highest BCUT2D eigenvalue weighted by atomic mass is 19.4. The minimum atomic E-state index is -6.03. The van der Waals surface area contributed by atoms with Gasteiger partial charge in [-0.05, 0) is 26.7 Å². The third-order valence-corrected chi connectivity index (χ3v) is 3.39. The van der Waals surface area contributed by atoms with Crippen LogP contribution in [0.5, 0.6) is 0 Å². The van der Waals surface area contributed by atoms with Crippen LogP contribution >= 0.6 is 0 Å². The van der Waals surface area contributed by atoms with Gasteiger partial charge in [0.05, 0.1) is 5.41 Å². The van der Waals surface area contributed by atoms with Gasteiger partial charge in [-0.25, -0.2) is 0 Å². The number of esters is 1. The molecule has 0 aliphatic heterocycles. The van der Waals surface area contributed by atoms with Crippen LogP contribution in [0.25, 0.3) is 0 Å². The average molecular weight is 324 g/mol. The van der Waals surface area contributed by atoms with Gasteiger partial charge in [0, 0.05) is 0 Å². The van der Waals surface area contributed by atoms with Crippen molar-refractivity contribution in [3.05, 3.63) is 0 Å². The van der Waals surface area contributed by atoms with Crippen LogP contribution in [0, 0.1) is 5.41 Å². The van der Waals surface area contributed by atoms with E-state index in [4.69, 9.17) is 0 Å². The van der Waals surface area contributed by atoms with Gasteiger partial charge in [0.15, 0.2) is 0 Å². The second kappa shape index (κ2) is 6.02. The standard InChI is InChI=1S/C12H18F6O3/c1-5-7(21-8(19)9(3,4)6-2)10(20,11(13,14)15)12(16,17)18/h7,20H,5-6H2,1-4H3. The molecule has 0 aromatic heterocycles. The fraction of sp³-hybridized carbons (Fsp3) is 0.917. The van der Waals surface area contributed by atoms with E-state index in [1.807, 2.05) is 0 Å². The van der Waals surface area contributed by atoms with Gasteiger partial charge in [-0.1, -0.05) is 13.8 Å². The van der Waals surface area contributed by atoms with E-state index in [1.54, 1.807) is 0 Å². The minimum absolute atomic E-state index is 0.152. The molecular weight excluding hydrogens is 306 g/mol. The van der Waals surface area contributed by atoms with Crippen molar-refractivity contribution in [2.24, 2.45) is 5.41 Å². The lowest BCUT2D eigenvalue weighted by molar-refractivity contribution is -0.391. The van der Waals surface area contributed by atoms with E-state index in [2.05, 4.69) is 4.74 Å². The van der Waals surface area contributed by atoms with Crippen LogP contribution in [0.2, 0.25) is 0 Å². The zero-order valence-corrected chi connectivity index (χ0v) is 12.0. The van der Waals surface area contributed by atoms with Gasteiger partial charge in [0.25, 0.3) is 5.60 Å². The topological polar surface area (TPSA) is 46.5 Å². The number of carbonyl (C=O) groups excluding carboxylic acids is 1. The highest BCUT2D eigenvalue weighted by Gasteiger charge is 2.75. The molecule has 126 valence electrons. The van der Waals surface area contributed by atoms with E-state index in [0.29, 0.717) is 0 Å². The van der Waals surface area contributed by atoms with Crippen molar-refractivity contribution in [3.63, 3.8) is 0 Å². The highest BCUT2D eigenvalue weighted by Crippen LogP contribution is 2.47. The first-order chi connectivity index (χ1) is 9.15. The van der Waals surface area contributed by atoms with Crippen molar-refractivity contribution in [1.82, 2.24) is 0 Å². The molecule has 0 heterocycles. The zero-order chi connectivity index (χ0) is 17.3. The third kappa shape index (κ3) is 3.81. The summed E-state index contributed by atoms with van der Waals surface area (Å²) < 4.78 is 80.6. The first kappa shape index (κ1) is 20.0. The van der Waals surface area contributed by atoms with Crippen LogP contribution in [-0.4, -0.2) is 35.1 Å². The molecule has 0 saturated carbocycles. The Hall–Kier alpha value is -0.990. The Kier molecular flexibility index (Phi) is 5.73. The quantitative estimate of drug-likeness (QED) is 0.621. The predicted molar refractivity (Wildman–Crippen MR) is 61.3 cm³/mol. The van der Waals surface area contributed by atoms with Gasteiger partial charge < -0.3 is 9.84 Å². The molecule has 0 spiro atoms. The Labute approximate surface area is 118 Å². The van der Waals surface area contributed by atoms with Crippen molar-refractivity contribution in [1.29, 1.82) is 0 Å². The van der Waals surface area contributed by atoms with Gasteiger partial charge >= 0.3 is 18.3 Å². The monoisotopic (exact) mass is 324 g/mol. The molecule has 9 heteroatoms. The molecule has 0 amide bonds. The van der Waals surface area contributed by atoms with Crippen molar-refractivity contribution in [2.75, 3.05) is 0 Å². The van der Waals surface area contributed by atoms with Crippen molar-refractivity contribution in [3.8, 4) is 0 Å². The molecule has 21 heavy (non-hydrogen) atoms. The molecule has 3 nitrogen and oxygen atoms in total. The zero-order valence-electron chi connectivity index (χ0n) is 12.0. The van der Waals surface area contributed by atoms with Gasteiger partial charge in [0.2, 0.25) is 0 Å². The van der Waals surface area contributed by atoms with Crippen LogP contribution in [0.4, 0.5) is 26.3 Å². The third-order valence-electron chi connectivity index (χ3n) is 3.39. The maximum Gasteiger partial charge on any atom is 0.430 e. The maximum atomic E-state index is 12.7. The molecule has 0 saturated heterocycles. The van der Waals surface area contributed by atoms with Gasteiger partial charge in [0.1, 0.15) is 6.10 Å². The molecule has 0 aliphatic carbocycles. The van der Waals surface area contributed by atoms with Crippen LogP contribution in [-0.2, 0) is 9.53 Å². The van der Waals surface area contributed by atoms with Crippen LogP contribution in [0.1, 0.15) is 40.5 Å². The first-order valence-corrected chi connectivity index (χ1v) is 6.22. The number of hydrogen-bond acceptors (Lipinski definition) is 3. The lowest BCUT2D eigenvalue weighted by Crippen LogP contribution is -2.65. The van der Waals surface area contributed by atoms with Gasteiger partial charge in [-0.2, -0.15) is 26.3 Å². The van der Waals surface area contributed by atoms with E-state index in [9.17, 15) is 36.2 Å². The molecule has 0 rings (SSSR count). The largest absolute Gasteiger partial charge is 0.458 e. The Balaban J connectivity index is 5.64. The number of hydrogen-bond donors (Lipinski definition) is 1. The summed E-state index contributed by atoms with van der Waals surface area (Å²) in [4.78, 5) is 11.7. The molecule has 1 atom stereocenters. The van der Waals surface area contributed by atoms with Crippen LogP contribution in [0.3, 0.4) is 0 Å². The first-order valence-electron chi connectivity index (χ1n) is 6.22. The smallest absolute Gasteiger partial charge is 0.430 e. The Morgan fingerprint density at radius 1 is 1.05 bits per heavy atom. The number of rotatable bonds is 5. The molecule has 0 aliphatic rings. The number of aliphatic hydroxyl groups is 1. The Bertz CT molecular complexity index is 358. The molecule has 1 unspecified atom stereocenters. The summed E-state index contributed by atoms with van der Waals surface area (Å²) >= 11 is 0. The van der Waals surface area contributed by atoms with Gasteiger partial charge in [-0.3, -0.25) is 4.79 Å². The highest BCUT2D eigenvalue weighted by molar-refractivity contribution is 5.76. The summed E-state index contributed by atoms with van der Waals surface area (Å²) in [5.41, 5.74) is -6.36. The second-order valence-corrected chi connectivity index (χ2v) is 5.30. The fourth-order valence-corrected chi connectivity index (χ4v) is 1.42. The Morgan fingerprint density at radius 3 is 1.67 bits per heavy atom. The summed E-state index contributed by atoms with van der Waals surface area (Å²) in [6.45, 7) is 5.13. The van der Waals surface area contributed by atoms with Crippen LogP contribution < -0.4 is 0 Å². The Morgan fingerprint density at radius 2 is 1.43 bits per heavy atom. The molecule has 0 bridgehead atoms. The van der Waals surface area contributed by atoms with E-state index >= 15 is 0 Å². The van der Waals surface area contributed by atoms with E-state index in [1.165, 1.54) is 20.8 Å². The normalized spacial score (nSPS) is 15.8. The number of alkyl halides is 6. The molecular formula is C12H18F6O3. The SMILES string of the molecule is CCC(OC(=O)C(C)(C)CC)C(O)(C(F)(F)F)C(F)(F)F. The van der Waals surface area contributed by atoms with Crippen molar-refractivity contribution in [2.45, 2.75) is 64.6 Å². The number of ether oxygens (including phenoxy) is 1. The van der Waals surface area contributed by atoms with E-state index < -0.39 is 41.9 Å². The van der Waals surface area contributed by atoms with Gasteiger partial charge in [-0.15, -0.1) is 0 Å². The van der Waals surface area contributed by atoms with Crippen molar-refractivity contribution >= 4 is 5.97 Å². The number of carbonyl (C=O) groups is 1.